The third-order valence-corrected chi connectivity index (χ3v) is 5.81. The number of carboxylic acid groups (broad SMARTS) is 1. The summed E-state index contributed by atoms with van der Waals surface area (Å²) in [5, 5.41) is 8.55. The topological polar surface area (TPSA) is 182 Å². The highest BCUT2D eigenvalue weighted by atomic mass is 16.6. The summed E-state index contributed by atoms with van der Waals surface area (Å²) in [4.78, 5) is 33.1. The Hall–Kier alpha value is -1.99. The van der Waals surface area contributed by atoms with Crippen molar-refractivity contribution in [3.8, 4) is 0 Å². The predicted molar refractivity (Wildman–Crippen MR) is 171 cm³/mol. The summed E-state index contributed by atoms with van der Waals surface area (Å²) in [5.41, 5.74) is 0. The van der Waals surface area contributed by atoms with Gasteiger partial charge in [-0.3, -0.25) is 14.4 Å². The van der Waals surface area contributed by atoms with E-state index < -0.39 is 5.97 Å². The monoisotopic (exact) mass is 700 g/mol. The van der Waals surface area contributed by atoms with Crippen molar-refractivity contribution in [3.63, 3.8) is 0 Å². The van der Waals surface area contributed by atoms with Crippen molar-refractivity contribution in [1.82, 2.24) is 0 Å². The van der Waals surface area contributed by atoms with Crippen molar-refractivity contribution in [3.05, 3.63) is 0 Å². The molecular weight excluding hydrogens is 640 g/mol. The van der Waals surface area contributed by atoms with E-state index in [4.69, 9.17) is 61.9 Å². The van der Waals surface area contributed by atoms with Crippen molar-refractivity contribution < 1.29 is 76.3 Å². The van der Waals surface area contributed by atoms with Gasteiger partial charge in [-0.1, -0.05) is 6.92 Å². The van der Waals surface area contributed by atoms with Crippen LogP contribution in [-0.4, -0.2) is 168 Å². The molecule has 284 valence electrons. The van der Waals surface area contributed by atoms with Crippen LogP contribution in [0.2, 0.25) is 0 Å². The molecule has 0 aromatic rings. The Bertz CT molecular complexity index is 712. The Kier molecular flexibility index (Phi) is 37.8. The van der Waals surface area contributed by atoms with Gasteiger partial charge in [0.25, 0.3) is 0 Å². The van der Waals surface area contributed by atoms with E-state index in [9.17, 15) is 14.4 Å². The molecule has 0 rings (SSSR count). The molecule has 0 atom stereocenters. The zero-order valence-corrected chi connectivity index (χ0v) is 28.9. The average molecular weight is 701 g/mol. The number of carbonyl (C=O) groups is 3. The number of rotatable bonds is 40. The third kappa shape index (κ3) is 40.2. The maximum Gasteiger partial charge on any atom is 0.305 e. The normalized spacial score (nSPS) is 11.2. The van der Waals surface area contributed by atoms with Crippen LogP contribution >= 0.6 is 0 Å². The minimum atomic E-state index is -0.866. The summed E-state index contributed by atoms with van der Waals surface area (Å²) in [6.45, 7) is 11.2. The average Bonchev–Trinajstić information content (AvgIpc) is 3.07. The van der Waals surface area contributed by atoms with E-state index in [1.54, 1.807) is 0 Å². The van der Waals surface area contributed by atoms with Crippen LogP contribution in [0.4, 0.5) is 0 Å². The molecule has 0 unspecified atom stereocenters. The van der Waals surface area contributed by atoms with E-state index >= 15 is 0 Å². The molecule has 0 spiro atoms. The van der Waals surface area contributed by atoms with Crippen molar-refractivity contribution in [2.75, 3.05) is 145 Å². The van der Waals surface area contributed by atoms with Crippen LogP contribution in [-0.2, 0) is 71.2 Å². The van der Waals surface area contributed by atoms with Crippen LogP contribution in [0, 0.1) is 0 Å². The molecule has 1 N–H and O–H groups in total. The first-order chi connectivity index (χ1) is 23.6. The second-order valence-corrected chi connectivity index (χ2v) is 9.92. The Morgan fingerprint density at radius 2 is 0.583 bits per heavy atom. The van der Waals surface area contributed by atoms with Crippen LogP contribution in [0.15, 0.2) is 0 Å². The van der Waals surface area contributed by atoms with Gasteiger partial charge in [-0.15, -0.1) is 0 Å². The van der Waals surface area contributed by atoms with Crippen LogP contribution in [0.5, 0.6) is 0 Å². The van der Waals surface area contributed by atoms with Gasteiger partial charge in [0, 0.05) is 19.3 Å². The lowest BCUT2D eigenvalue weighted by atomic mass is 10.2. The molecule has 0 saturated carbocycles. The number of aliphatic carboxylic acids is 1. The molecule has 0 aromatic carbocycles. The van der Waals surface area contributed by atoms with Crippen molar-refractivity contribution in [1.29, 1.82) is 0 Å². The minimum Gasteiger partial charge on any atom is -0.481 e. The Balaban J connectivity index is 3.11. The lowest BCUT2D eigenvalue weighted by molar-refractivity contribution is -0.146. The lowest BCUT2D eigenvalue weighted by Crippen LogP contribution is -2.16. The number of carboxylic acids is 1. The van der Waals surface area contributed by atoms with E-state index in [1.165, 1.54) is 0 Å². The second-order valence-electron chi connectivity index (χ2n) is 9.92. The number of unbranched alkanes of at least 4 members (excludes halogenated alkanes) is 1. The fraction of sp³-hybridized carbons (Fsp3) is 0.906. The van der Waals surface area contributed by atoms with Gasteiger partial charge in [-0.2, -0.15) is 0 Å². The Labute approximate surface area is 285 Å². The van der Waals surface area contributed by atoms with E-state index in [-0.39, 0.29) is 44.6 Å². The summed E-state index contributed by atoms with van der Waals surface area (Å²) in [5.74, 6) is -1.41. The standard InChI is InChI=1S/C32H60O16/c1-2-5-31(35)47-28-26-45-24-22-43-20-18-41-16-14-39-12-10-37-8-9-38-11-13-40-15-17-42-19-21-44-23-25-46-27-29-48-32(36)7-4-3-6-30(33)34/h2-29H2,1H3,(H,33,34). The summed E-state index contributed by atoms with van der Waals surface area (Å²) >= 11 is 0. The van der Waals surface area contributed by atoms with Gasteiger partial charge in [0.15, 0.2) is 0 Å². The Morgan fingerprint density at radius 3 is 0.833 bits per heavy atom. The number of hydrogen-bond acceptors (Lipinski definition) is 15. The maximum atomic E-state index is 11.5. The highest BCUT2D eigenvalue weighted by Gasteiger charge is 2.04. The lowest BCUT2D eigenvalue weighted by Gasteiger charge is -2.09. The fourth-order valence-corrected chi connectivity index (χ4v) is 3.40. The zero-order chi connectivity index (χ0) is 35.0. The molecule has 0 aromatic heterocycles. The van der Waals surface area contributed by atoms with Gasteiger partial charge >= 0.3 is 17.9 Å². The molecule has 48 heavy (non-hydrogen) atoms. The number of hydrogen-bond donors (Lipinski definition) is 1. The smallest absolute Gasteiger partial charge is 0.305 e. The molecule has 16 heteroatoms. The van der Waals surface area contributed by atoms with Crippen LogP contribution in [0.3, 0.4) is 0 Å². The number of carbonyl (C=O) groups excluding carboxylic acids is 2. The first kappa shape index (κ1) is 46.0. The molecule has 0 bridgehead atoms. The van der Waals surface area contributed by atoms with Crippen LogP contribution in [0.25, 0.3) is 0 Å². The molecule has 0 aliphatic carbocycles. The molecule has 0 aliphatic heterocycles. The molecule has 0 heterocycles. The number of ether oxygens (including phenoxy) is 12. The molecule has 0 radical (unpaired) electrons. The molecular formula is C32H60O16. The van der Waals surface area contributed by atoms with E-state index in [2.05, 4.69) is 0 Å². The Morgan fingerprint density at radius 1 is 0.354 bits per heavy atom. The molecule has 0 fully saturated rings. The summed E-state index contributed by atoms with van der Waals surface area (Å²) in [7, 11) is 0. The second kappa shape index (κ2) is 39.4. The summed E-state index contributed by atoms with van der Waals surface area (Å²) in [6.07, 6.45) is 2.44. The highest BCUT2D eigenvalue weighted by Crippen LogP contribution is 2.01. The van der Waals surface area contributed by atoms with Gasteiger partial charge in [-0.05, 0) is 19.3 Å². The first-order valence-corrected chi connectivity index (χ1v) is 16.9. The van der Waals surface area contributed by atoms with Gasteiger partial charge in [0.05, 0.1) is 132 Å². The van der Waals surface area contributed by atoms with Crippen molar-refractivity contribution in [2.45, 2.75) is 45.4 Å². The minimum absolute atomic E-state index is 0.0573. The van der Waals surface area contributed by atoms with Gasteiger partial charge in [0.2, 0.25) is 0 Å². The predicted octanol–water partition coefficient (Wildman–Crippen LogP) is 1.68. The first-order valence-electron chi connectivity index (χ1n) is 16.9. The molecule has 0 saturated heterocycles. The number of esters is 2. The van der Waals surface area contributed by atoms with Crippen LogP contribution in [0.1, 0.15) is 45.4 Å². The van der Waals surface area contributed by atoms with E-state index in [1.807, 2.05) is 6.92 Å². The van der Waals surface area contributed by atoms with E-state index in [0.717, 1.165) is 6.42 Å². The molecule has 16 nitrogen and oxygen atoms in total. The largest absolute Gasteiger partial charge is 0.481 e. The highest BCUT2D eigenvalue weighted by molar-refractivity contribution is 5.70. The quantitative estimate of drug-likeness (QED) is 0.0719. The zero-order valence-electron chi connectivity index (χ0n) is 28.9. The van der Waals surface area contributed by atoms with E-state index in [0.29, 0.717) is 145 Å². The fourth-order valence-electron chi connectivity index (χ4n) is 3.40. The summed E-state index contributed by atoms with van der Waals surface area (Å²) < 4.78 is 64.1. The maximum absolute atomic E-state index is 11.5. The van der Waals surface area contributed by atoms with Crippen LogP contribution < -0.4 is 0 Å². The van der Waals surface area contributed by atoms with Crippen molar-refractivity contribution >= 4 is 17.9 Å². The molecule has 0 aliphatic rings. The van der Waals surface area contributed by atoms with Gasteiger partial charge in [0.1, 0.15) is 13.2 Å². The summed E-state index contributed by atoms with van der Waals surface area (Å²) in [6, 6.07) is 0. The van der Waals surface area contributed by atoms with Crippen molar-refractivity contribution in [2.24, 2.45) is 0 Å². The molecule has 0 amide bonds. The van der Waals surface area contributed by atoms with Gasteiger partial charge in [-0.25, -0.2) is 0 Å². The SMILES string of the molecule is CCCC(=O)OCCOCCOCCOCCOCCOCCOCCOCCOCCOCCOCCOC(=O)CCCCC(=O)O. The third-order valence-electron chi connectivity index (χ3n) is 5.81. The van der Waals surface area contributed by atoms with Gasteiger partial charge < -0.3 is 61.9 Å².